The molecule has 0 aromatic carbocycles. The standard InChI is InChI=1S/C11H14NO3/c1-4-6-12-7-5-9(14-2)8-10(12)11(13)15-3/h4-5,7-8H,1,6H2,2-3H3/q+1. The van der Waals surface area contributed by atoms with Crippen molar-refractivity contribution in [2.45, 2.75) is 6.54 Å². The van der Waals surface area contributed by atoms with Crippen molar-refractivity contribution >= 4 is 5.97 Å². The summed E-state index contributed by atoms with van der Waals surface area (Å²) in [6, 6.07) is 3.41. The number of carbonyl (C=O) groups is 1. The molecule has 80 valence electrons. The van der Waals surface area contributed by atoms with Crippen LogP contribution in [0.4, 0.5) is 0 Å². The molecular weight excluding hydrogens is 194 g/mol. The molecule has 1 aromatic heterocycles. The van der Waals surface area contributed by atoms with E-state index in [0.717, 1.165) is 0 Å². The average molecular weight is 208 g/mol. The van der Waals surface area contributed by atoms with E-state index in [1.54, 1.807) is 36.1 Å². The first kappa shape index (κ1) is 11.2. The molecule has 1 heterocycles. The van der Waals surface area contributed by atoms with Crippen LogP contribution in [-0.2, 0) is 11.3 Å². The molecule has 0 saturated carbocycles. The van der Waals surface area contributed by atoms with Gasteiger partial charge in [0.2, 0.25) is 0 Å². The Kier molecular flexibility index (Phi) is 3.85. The molecule has 0 N–H and O–H groups in total. The van der Waals surface area contributed by atoms with Gasteiger partial charge < -0.3 is 9.47 Å². The quantitative estimate of drug-likeness (QED) is 0.420. The van der Waals surface area contributed by atoms with Crippen molar-refractivity contribution in [1.82, 2.24) is 0 Å². The van der Waals surface area contributed by atoms with Gasteiger partial charge in [0.05, 0.1) is 20.3 Å². The average Bonchev–Trinajstić information content (AvgIpc) is 2.29. The molecule has 0 fully saturated rings. The number of ether oxygens (including phenoxy) is 2. The Morgan fingerprint density at radius 1 is 1.60 bits per heavy atom. The number of hydrogen-bond acceptors (Lipinski definition) is 3. The monoisotopic (exact) mass is 208 g/mol. The molecule has 1 rings (SSSR count). The van der Waals surface area contributed by atoms with Gasteiger partial charge in [0.15, 0.2) is 12.7 Å². The molecule has 0 unspecified atom stereocenters. The molecule has 0 aliphatic carbocycles. The molecule has 0 atom stereocenters. The summed E-state index contributed by atoms with van der Waals surface area (Å²) in [5, 5.41) is 0. The molecule has 0 aliphatic heterocycles. The number of esters is 1. The summed E-state index contributed by atoms with van der Waals surface area (Å²) in [7, 11) is 2.90. The lowest BCUT2D eigenvalue weighted by atomic mass is 10.3. The fourth-order valence-corrected chi connectivity index (χ4v) is 1.22. The van der Waals surface area contributed by atoms with E-state index in [1.165, 1.54) is 7.11 Å². The minimum atomic E-state index is -0.393. The highest BCUT2D eigenvalue weighted by molar-refractivity contribution is 5.85. The first-order chi connectivity index (χ1) is 7.22. The summed E-state index contributed by atoms with van der Waals surface area (Å²) in [5.74, 6) is 0.228. The molecule has 0 aliphatic rings. The fraction of sp³-hybridized carbons (Fsp3) is 0.273. The van der Waals surface area contributed by atoms with Crippen molar-refractivity contribution in [3.63, 3.8) is 0 Å². The zero-order chi connectivity index (χ0) is 11.3. The van der Waals surface area contributed by atoms with Gasteiger partial charge in [-0.05, 0) is 6.08 Å². The van der Waals surface area contributed by atoms with E-state index in [9.17, 15) is 4.79 Å². The molecule has 0 amide bonds. The lowest BCUT2D eigenvalue weighted by Crippen LogP contribution is -2.39. The van der Waals surface area contributed by atoms with E-state index in [2.05, 4.69) is 11.3 Å². The van der Waals surface area contributed by atoms with Crippen LogP contribution in [0.25, 0.3) is 0 Å². The van der Waals surface area contributed by atoms with Gasteiger partial charge >= 0.3 is 5.97 Å². The molecule has 4 nitrogen and oxygen atoms in total. The van der Waals surface area contributed by atoms with Crippen LogP contribution in [0, 0.1) is 0 Å². The topological polar surface area (TPSA) is 39.4 Å². The number of pyridine rings is 1. The van der Waals surface area contributed by atoms with Gasteiger partial charge in [-0.2, -0.15) is 4.57 Å². The van der Waals surface area contributed by atoms with E-state index in [0.29, 0.717) is 18.0 Å². The molecule has 15 heavy (non-hydrogen) atoms. The smallest absolute Gasteiger partial charge is 0.403 e. The molecule has 0 radical (unpaired) electrons. The Labute approximate surface area is 88.7 Å². The van der Waals surface area contributed by atoms with Crippen LogP contribution in [0.2, 0.25) is 0 Å². The Morgan fingerprint density at radius 2 is 2.33 bits per heavy atom. The number of aromatic nitrogens is 1. The summed E-state index contributed by atoms with van der Waals surface area (Å²) in [6.07, 6.45) is 3.46. The third-order valence-electron chi connectivity index (χ3n) is 1.96. The second kappa shape index (κ2) is 5.14. The molecule has 0 saturated heterocycles. The zero-order valence-electron chi connectivity index (χ0n) is 8.90. The first-order valence-electron chi connectivity index (χ1n) is 4.49. The van der Waals surface area contributed by atoms with Crippen LogP contribution >= 0.6 is 0 Å². The lowest BCUT2D eigenvalue weighted by molar-refractivity contribution is -0.689. The molecule has 0 bridgehead atoms. The number of allylic oxidation sites excluding steroid dienone is 1. The molecular formula is C11H14NO3+. The highest BCUT2D eigenvalue weighted by Crippen LogP contribution is 2.09. The van der Waals surface area contributed by atoms with Gasteiger partial charge in [-0.3, -0.25) is 0 Å². The van der Waals surface area contributed by atoms with Crippen molar-refractivity contribution in [2.24, 2.45) is 0 Å². The van der Waals surface area contributed by atoms with Crippen molar-refractivity contribution in [2.75, 3.05) is 14.2 Å². The third kappa shape index (κ3) is 2.56. The predicted octanol–water partition coefficient (Wildman–Crippen LogP) is 0.955. The minimum absolute atomic E-state index is 0.393. The van der Waals surface area contributed by atoms with E-state index in [4.69, 9.17) is 4.74 Å². The summed E-state index contributed by atoms with van der Waals surface area (Å²) in [6.45, 7) is 4.17. The van der Waals surface area contributed by atoms with E-state index in [1.807, 2.05) is 0 Å². The largest absolute Gasteiger partial charge is 0.496 e. The maximum absolute atomic E-state index is 11.4. The van der Waals surface area contributed by atoms with Gasteiger partial charge in [-0.25, -0.2) is 4.79 Å². The van der Waals surface area contributed by atoms with Crippen LogP contribution in [-0.4, -0.2) is 20.2 Å². The summed E-state index contributed by atoms with van der Waals surface area (Å²) >= 11 is 0. The highest BCUT2D eigenvalue weighted by Gasteiger charge is 2.19. The van der Waals surface area contributed by atoms with E-state index < -0.39 is 5.97 Å². The van der Waals surface area contributed by atoms with Gasteiger partial charge in [0.1, 0.15) is 5.75 Å². The fourth-order valence-electron chi connectivity index (χ4n) is 1.22. The van der Waals surface area contributed by atoms with Crippen LogP contribution < -0.4 is 9.30 Å². The molecule has 0 spiro atoms. The predicted molar refractivity (Wildman–Crippen MR) is 54.7 cm³/mol. The van der Waals surface area contributed by atoms with Crippen molar-refractivity contribution in [3.05, 3.63) is 36.7 Å². The number of nitrogens with zero attached hydrogens (tertiary/aromatic N) is 1. The van der Waals surface area contributed by atoms with Crippen LogP contribution in [0.15, 0.2) is 31.0 Å². The number of methoxy groups -OCH3 is 2. The third-order valence-corrected chi connectivity index (χ3v) is 1.96. The second-order valence-corrected chi connectivity index (χ2v) is 2.88. The maximum atomic E-state index is 11.4. The summed E-state index contributed by atoms with van der Waals surface area (Å²) in [4.78, 5) is 11.4. The first-order valence-corrected chi connectivity index (χ1v) is 4.49. The number of rotatable bonds is 4. The highest BCUT2D eigenvalue weighted by atomic mass is 16.5. The van der Waals surface area contributed by atoms with Crippen molar-refractivity contribution in [3.8, 4) is 5.75 Å². The molecule has 4 heteroatoms. The Morgan fingerprint density at radius 3 is 2.87 bits per heavy atom. The van der Waals surface area contributed by atoms with Crippen LogP contribution in [0.3, 0.4) is 0 Å². The Hall–Kier alpha value is -1.84. The summed E-state index contributed by atoms with van der Waals surface area (Å²) < 4.78 is 11.4. The number of carbonyl (C=O) groups excluding carboxylic acids is 1. The Bertz CT molecular complexity index is 374. The van der Waals surface area contributed by atoms with Gasteiger partial charge in [-0.15, -0.1) is 0 Å². The van der Waals surface area contributed by atoms with Gasteiger partial charge in [-0.1, -0.05) is 6.58 Å². The molecule has 1 aromatic rings. The van der Waals surface area contributed by atoms with Gasteiger partial charge in [0, 0.05) is 6.07 Å². The minimum Gasteiger partial charge on any atom is -0.496 e. The van der Waals surface area contributed by atoms with Crippen molar-refractivity contribution < 1.29 is 18.8 Å². The van der Waals surface area contributed by atoms with E-state index in [-0.39, 0.29) is 0 Å². The SMILES string of the molecule is C=CC[n+]1ccc(OC)cc1C(=O)OC. The lowest BCUT2D eigenvalue weighted by Gasteiger charge is -2.02. The zero-order valence-corrected chi connectivity index (χ0v) is 8.90. The summed E-state index contributed by atoms with van der Waals surface area (Å²) in [5.41, 5.74) is 0.441. The van der Waals surface area contributed by atoms with Crippen LogP contribution in [0.5, 0.6) is 5.75 Å². The van der Waals surface area contributed by atoms with Crippen molar-refractivity contribution in [1.29, 1.82) is 0 Å². The normalized spacial score (nSPS) is 9.47. The van der Waals surface area contributed by atoms with Crippen LogP contribution in [0.1, 0.15) is 10.5 Å². The number of hydrogen-bond donors (Lipinski definition) is 0. The maximum Gasteiger partial charge on any atom is 0.403 e. The van der Waals surface area contributed by atoms with E-state index >= 15 is 0 Å². The Balaban J connectivity index is 3.15. The van der Waals surface area contributed by atoms with Gasteiger partial charge in [0.25, 0.3) is 5.69 Å². The second-order valence-electron chi connectivity index (χ2n) is 2.88.